The second kappa shape index (κ2) is 23.0. The highest BCUT2D eigenvalue weighted by atomic mass is 79.9. The fourth-order valence-electron chi connectivity index (χ4n) is 4.95. The third-order valence-corrected chi connectivity index (χ3v) is 10.8. The van der Waals surface area contributed by atoms with Gasteiger partial charge in [0.25, 0.3) is 0 Å². The van der Waals surface area contributed by atoms with Crippen LogP contribution in [0, 0.1) is 0 Å². The zero-order chi connectivity index (χ0) is 27.2. The number of rotatable bonds is 25. The van der Waals surface area contributed by atoms with Crippen LogP contribution in [0.1, 0.15) is 140 Å². The van der Waals surface area contributed by atoms with Gasteiger partial charge in [-0.1, -0.05) is 156 Å². The summed E-state index contributed by atoms with van der Waals surface area (Å²) < 4.78 is 0.983. The van der Waals surface area contributed by atoms with Gasteiger partial charge in [-0.3, -0.25) is 4.79 Å². The van der Waals surface area contributed by atoms with Gasteiger partial charge in [-0.25, -0.2) is 0 Å². The van der Waals surface area contributed by atoms with E-state index in [1.54, 1.807) is 0 Å². The molecule has 1 N–H and O–H groups in total. The molecular formula is C30H50BrCl3O2Si. The molecule has 0 aromatic heterocycles. The minimum atomic E-state index is -2.38. The van der Waals surface area contributed by atoms with Gasteiger partial charge in [0, 0.05) is 4.47 Å². The Morgan fingerprint density at radius 3 is 1.35 bits per heavy atom. The third kappa shape index (κ3) is 21.7. The smallest absolute Gasteiger partial charge is 0.341 e. The minimum absolute atomic E-state index is 0.0828. The highest BCUT2D eigenvalue weighted by Gasteiger charge is 2.23. The molecule has 0 spiro atoms. The molecule has 7 heteroatoms. The molecule has 0 amide bonds. The van der Waals surface area contributed by atoms with E-state index in [0.717, 1.165) is 28.9 Å². The number of hydrogen-bond donors (Lipinski definition) is 1. The van der Waals surface area contributed by atoms with Crippen molar-refractivity contribution in [1.29, 1.82) is 0 Å². The predicted octanol–water partition coefficient (Wildman–Crippen LogP) is 12.1. The van der Waals surface area contributed by atoms with Crippen LogP contribution in [0.15, 0.2) is 22.7 Å². The molecule has 2 nitrogen and oxygen atoms in total. The SMILES string of the molecule is O=C(O)Cc1cccc(CCCCCCCCCCCCCCCCCCCCCC[Si](Cl)(Cl)Cl)c1Br. The van der Waals surface area contributed by atoms with Crippen molar-refractivity contribution in [3.8, 4) is 0 Å². The highest BCUT2D eigenvalue weighted by molar-refractivity contribution is 9.10. The Hall–Kier alpha value is 0.257. The largest absolute Gasteiger partial charge is 0.481 e. The summed E-state index contributed by atoms with van der Waals surface area (Å²) in [5.74, 6) is -0.778. The minimum Gasteiger partial charge on any atom is -0.481 e. The summed E-state index contributed by atoms with van der Waals surface area (Å²) in [7, 11) is 0. The zero-order valence-corrected chi connectivity index (χ0v) is 27.7. The predicted molar refractivity (Wildman–Crippen MR) is 170 cm³/mol. The van der Waals surface area contributed by atoms with Crippen LogP contribution in [0.2, 0.25) is 6.04 Å². The van der Waals surface area contributed by atoms with Gasteiger partial charge in [0.1, 0.15) is 0 Å². The van der Waals surface area contributed by atoms with E-state index in [1.807, 2.05) is 12.1 Å². The van der Waals surface area contributed by atoms with E-state index >= 15 is 0 Å². The summed E-state index contributed by atoms with van der Waals surface area (Å²) in [5.41, 5.74) is 2.11. The quantitative estimate of drug-likeness (QED) is 0.0646. The Labute approximate surface area is 250 Å². The molecule has 0 radical (unpaired) electrons. The lowest BCUT2D eigenvalue weighted by Crippen LogP contribution is -2.07. The molecule has 0 atom stereocenters. The van der Waals surface area contributed by atoms with Crippen LogP contribution in [0.4, 0.5) is 0 Å². The van der Waals surface area contributed by atoms with Gasteiger partial charge in [-0.15, -0.1) is 33.2 Å². The molecule has 0 fully saturated rings. The van der Waals surface area contributed by atoms with Gasteiger partial charge in [-0.05, 0) is 30.0 Å². The third-order valence-electron chi connectivity index (χ3n) is 7.16. The summed E-state index contributed by atoms with van der Waals surface area (Å²) in [6.07, 6.45) is 27.9. The first-order valence-electron chi connectivity index (χ1n) is 14.8. The van der Waals surface area contributed by atoms with Crippen LogP contribution in [-0.4, -0.2) is 17.1 Å². The Morgan fingerprint density at radius 1 is 0.622 bits per heavy atom. The van der Waals surface area contributed by atoms with E-state index in [0.29, 0.717) is 0 Å². The molecular weight excluding hydrogens is 607 g/mol. The number of halogens is 4. The maximum atomic E-state index is 11.0. The van der Waals surface area contributed by atoms with E-state index in [9.17, 15) is 4.79 Å². The molecule has 0 aliphatic rings. The van der Waals surface area contributed by atoms with E-state index in [4.69, 9.17) is 38.3 Å². The van der Waals surface area contributed by atoms with Gasteiger partial charge in [-0.2, -0.15) is 0 Å². The van der Waals surface area contributed by atoms with Gasteiger partial charge < -0.3 is 5.11 Å². The number of unbranched alkanes of at least 4 members (excludes halogenated alkanes) is 19. The van der Waals surface area contributed by atoms with E-state index in [2.05, 4.69) is 22.0 Å². The van der Waals surface area contributed by atoms with Crippen molar-refractivity contribution >= 4 is 61.1 Å². The topological polar surface area (TPSA) is 37.3 Å². The number of aliphatic carboxylic acids is 1. The zero-order valence-electron chi connectivity index (χ0n) is 22.9. The average molecular weight is 657 g/mol. The number of carbonyl (C=O) groups is 1. The lowest BCUT2D eigenvalue weighted by Gasteiger charge is -2.09. The fourth-order valence-corrected chi connectivity index (χ4v) is 7.40. The lowest BCUT2D eigenvalue weighted by molar-refractivity contribution is -0.136. The van der Waals surface area contributed by atoms with Gasteiger partial charge in [0.05, 0.1) is 6.42 Å². The maximum Gasteiger partial charge on any atom is 0.341 e. The first-order chi connectivity index (χ1) is 17.8. The summed E-state index contributed by atoms with van der Waals surface area (Å²) in [5, 5.41) is 9.03. The molecule has 0 saturated carbocycles. The van der Waals surface area contributed by atoms with Crippen molar-refractivity contribution in [2.75, 3.05) is 0 Å². The molecule has 1 aromatic rings. The van der Waals surface area contributed by atoms with Crippen LogP contribution in [0.5, 0.6) is 0 Å². The highest BCUT2D eigenvalue weighted by Crippen LogP contribution is 2.28. The normalized spacial score (nSPS) is 11.8. The Balaban J connectivity index is 1.80. The van der Waals surface area contributed by atoms with Crippen LogP contribution >= 0.6 is 49.2 Å². The number of benzene rings is 1. The van der Waals surface area contributed by atoms with Crippen LogP contribution in [-0.2, 0) is 17.6 Å². The number of hydrogen-bond acceptors (Lipinski definition) is 1. The maximum absolute atomic E-state index is 11.0. The fraction of sp³-hybridized carbons (Fsp3) is 0.767. The first kappa shape index (κ1) is 35.3. The second-order valence-corrected chi connectivity index (χ2v) is 20.7. The molecule has 214 valence electrons. The van der Waals surface area contributed by atoms with E-state index in [-0.39, 0.29) is 6.42 Å². The Bertz CT molecular complexity index is 713. The molecule has 0 saturated heterocycles. The Morgan fingerprint density at radius 2 is 0.973 bits per heavy atom. The van der Waals surface area contributed by atoms with Crippen molar-refractivity contribution in [2.24, 2.45) is 0 Å². The summed E-state index contributed by atoms with van der Waals surface area (Å²) in [6, 6.07) is 4.41. The number of aryl methyl sites for hydroxylation is 1. The van der Waals surface area contributed by atoms with Crippen LogP contribution < -0.4 is 0 Å². The van der Waals surface area contributed by atoms with Crippen molar-refractivity contribution in [3.63, 3.8) is 0 Å². The lowest BCUT2D eigenvalue weighted by atomic mass is 10.0. The molecule has 0 heterocycles. The standard InChI is InChI=1S/C30H50BrCl3O2Si/c31-30-27(23-21-24-28(30)26-29(35)36)22-19-17-15-13-11-9-7-5-3-1-2-4-6-8-10-12-14-16-18-20-25-37(32,33)34/h21,23-24H,1-20,22,25-26H2,(H,35,36). The monoisotopic (exact) mass is 654 g/mol. The van der Waals surface area contributed by atoms with Crippen LogP contribution in [0.25, 0.3) is 0 Å². The molecule has 1 aromatic carbocycles. The molecule has 0 aliphatic carbocycles. The van der Waals surface area contributed by atoms with Crippen molar-refractivity contribution in [3.05, 3.63) is 33.8 Å². The van der Waals surface area contributed by atoms with Crippen molar-refractivity contribution < 1.29 is 9.90 Å². The molecule has 1 rings (SSSR count). The van der Waals surface area contributed by atoms with Gasteiger partial charge in [0.2, 0.25) is 0 Å². The van der Waals surface area contributed by atoms with E-state index in [1.165, 1.54) is 128 Å². The number of carboxylic acids is 1. The first-order valence-corrected chi connectivity index (χ1v) is 20.9. The van der Waals surface area contributed by atoms with E-state index < -0.39 is 12.0 Å². The molecule has 0 aliphatic heterocycles. The summed E-state index contributed by atoms with van der Waals surface area (Å²) in [6.45, 7) is 0. The van der Waals surface area contributed by atoms with Gasteiger partial charge >= 0.3 is 12.0 Å². The Kier molecular flexibility index (Phi) is 21.9. The number of carboxylic acid groups (broad SMARTS) is 1. The van der Waals surface area contributed by atoms with Gasteiger partial charge in [0.15, 0.2) is 0 Å². The van der Waals surface area contributed by atoms with Crippen molar-refractivity contribution in [1.82, 2.24) is 0 Å². The summed E-state index contributed by atoms with van der Waals surface area (Å²) in [4.78, 5) is 11.0. The molecule has 0 unspecified atom stereocenters. The average Bonchev–Trinajstić information content (AvgIpc) is 2.83. The second-order valence-electron chi connectivity index (χ2n) is 10.6. The van der Waals surface area contributed by atoms with Crippen molar-refractivity contribution in [2.45, 2.75) is 147 Å². The summed E-state index contributed by atoms with van der Waals surface area (Å²) >= 11 is 21.3. The molecule has 37 heavy (non-hydrogen) atoms. The van der Waals surface area contributed by atoms with Crippen LogP contribution in [0.3, 0.4) is 0 Å². The molecule has 0 bridgehead atoms.